The molecule has 0 saturated heterocycles. The third-order valence-corrected chi connectivity index (χ3v) is 6.75. The van der Waals surface area contributed by atoms with Crippen LogP contribution < -0.4 is 17.0 Å². The van der Waals surface area contributed by atoms with E-state index in [0.29, 0.717) is 34.6 Å². The van der Waals surface area contributed by atoms with Gasteiger partial charge in [-0.25, -0.2) is 9.78 Å². The smallest absolute Gasteiger partial charge is 0.343 e. The third kappa shape index (κ3) is 2.97. The molecule has 9 heteroatoms. The molecule has 0 radical (unpaired) electrons. The van der Waals surface area contributed by atoms with Crippen LogP contribution in [0.4, 0.5) is 5.69 Å². The first-order valence-electron chi connectivity index (χ1n) is 11.1. The number of cyclic esters (lactones) is 1. The fourth-order valence-corrected chi connectivity index (χ4v) is 4.88. The zero-order valence-electron chi connectivity index (χ0n) is 18.8. The Kier molecular flexibility index (Phi) is 4.84. The largest absolute Gasteiger partial charge is 0.458 e. The first kappa shape index (κ1) is 21.8. The average molecular weight is 460 g/mol. The number of carbonyl (C=O) groups is 2. The van der Waals surface area contributed by atoms with Crippen LogP contribution in [0, 0.1) is 0 Å². The molecule has 1 atom stereocenters. The van der Waals surface area contributed by atoms with E-state index in [0.717, 1.165) is 16.5 Å². The van der Waals surface area contributed by atoms with Crippen molar-refractivity contribution in [2.45, 2.75) is 45.4 Å². The number of carbonyl (C=O) groups excluding carboxylic acids is 2. The van der Waals surface area contributed by atoms with E-state index in [2.05, 4.69) is 0 Å². The van der Waals surface area contributed by atoms with Gasteiger partial charge in [-0.15, -0.1) is 0 Å². The Balaban J connectivity index is 1.79. The number of rotatable bonds is 4. The molecule has 5 rings (SSSR count). The van der Waals surface area contributed by atoms with Gasteiger partial charge in [-0.05, 0) is 42.7 Å². The molecule has 0 spiro atoms. The highest BCUT2D eigenvalue weighted by Gasteiger charge is 2.45. The second kappa shape index (κ2) is 7.53. The Morgan fingerprint density at radius 2 is 2.06 bits per heavy atom. The van der Waals surface area contributed by atoms with E-state index in [-0.39, 0.29) is 36.3 Å². The highest BCUT2D eigenvalue weighted by molar-refractivity contribution is 6.00. The Hall–Kier alpha value is -3.98. The number of fused-ring (bicyclic) bond motifs is 5. The maximum absolute atomic E-state index is 13.3. The summed E-state index contributed by atoms with van der Waals surface area (Å²) in [6.07, 6.45) is 3.57. The van der Waals surface area contributed by atoms with Gasteiger partial charge < -0.3 is 25.9 Å². The number of pyridine rings is 2. The number of nitrogens with two attached hydrogens (primary N) is 2. The summed E-state index contributed by atoms with van der Waals surface area (Å²) in [4.78, 5) is 42.0. The molecule has 34 heavy (non-hydrogen) atoms. The summed E-state index contributed by atoms with van der Waals surface area (Å²) in [5.41, 5.74) is 14.6. The van der Waals surface area contributed by atoms with Crippen LogP contribution in [0.25, 0.3) is 28.4 Å². The fourth-order valence-electron chi connectivity index (χ4n) is 4.88. The number of aliphatic hydroxyl groups is 1. The molecule has 174 valence electrons. The minimum atomic E-state index is -1.88. The number of nitrogens with zero attached hydrogens (tertiary/aromatic N) is 2. The van der Waals surface area contributed by atoms with Crippen molar-refractivity contribution in [1.29, 1.82) is 0 Å². The number of hydrogen-bond donors (Lipinski definition) is 3. The zero-order chi connectivity index (χ0) is 24.4. The third-order valence-electron chi connectivity index (χ3n) is 6.75. The molecule has 0 fully saturated rings. The lowest BCUT2D eigenvalue weighted by atomic mass is 9.86. The van der Waals surface area contributed by atoms with Crippen molar-refractivity contribution in [3.63, 3.8) is 0 Å². The van der Waals surface area contributed by atoms with Crippen molar-refractivity contribution in [2.24, 2.45) is 5.73 Å². The number of ether oxygens (including phenoxy) is 1. The van der Waals surface area contributed by atoms with Crippen molar-refractivity contribution in [3.05, 3.63) is 62.4 Å². The zero-order valence-corrected chi connectivity index (χ0v) is 18.8. The molecule has 3 aromatic rings. The number of aromatic nitrogens is 2. The Bertz CT molecular complexity index is 1500. The summed E-state index contributed by atoms with van der Waals surface area (Å²) in [5, 5.41) is 11.8. The van der Waals surface area contributed by atoms with Crippen LogP contribution in [-0.2, 0) is 39.5 Å². The van der Waals surface area contributed by atoms with E-state index < -0.39 is 17.5 Å². The standard InChI is InChI=1S/C25H24N4O5/c1-3-12-8-18(26)14(5-6-20(27)30)15-7-13-10-29-19(22(13)28-21(12)15)9-17-16(23(29)31)11-34-24(32)25(17,33)4-2/h5-9,33H,3-4,10-11,26H2,1-2H3,(H2,27,30)/b6-5+/t25-/m0/s1. The van der Waals surface area contributed by atoms with Gasteiger partial charge in [0.25, 0.3) is 5.56 Å². The van der Waals surface area contributed by atoms with Crippen LogP contribution >= 0.6 is 0 Å². The number of nitrogen functional groups attached to an aromatic ring is 1. The van der Waals surface area contributed by atoms with Gasteiger partial charge in [-0.1, -0.05) is 13.8 Å². The Morgan fingerprint density at radius 1 is 1.29 bits per heavy atom. The van der Waals surface area contributed by atoms with E-state index in [1.54, 1.807) is 23.6 Å². The highest BCUT2D eigenvalue weighted by Crippen LogP contribution is 2.40. The Morgan fingerprint density at radius 3 is 2.74 bits per heavy atom. The summed E-state index contributed by atoms with van der Waals surface area (Å²) < 4.78 is 6.70. The topological polar surface area (TPSA) is 151 Å². The van der Waals surface area contributed by atoms with Gasteiger partial charge in [-0.2, -0.15) is 0 Å². The first-order chi connectivity index (χ1) is 16.2. The molecule has 2 aliphatic heterocycles. The molecule has 0 unspecified atom stereocenters. The van der Waals surface area contributed by atoms with Gasteiger partial charge in [0, 0.05) is 33.8 Å². The maximum Gasteiger partial charge on any atom is 0.343 e. The van der Waals surface area contributed by atoms with E-state index in [1.807, 2.05) is 19.1 Å². The number of amides is 1. The minimum Gasteiger partial charge on any atom is -0.458 e. The van der Waals surface area contributed by atoms with Crippen LogP contribution in [0.5, 0.6) is 0 Å². The SMILES string of the molecule is CCc1cc(N)c(/C=C/C(N)=O)c2cc3c(nc12)-c1cc2c(c(=O)n1C3)COC(=O)[C@]2(O)CC. The molecule has 2 aliphatic rings. The van der Waals surface area contributed by atoms with Crippen molar-refractivity contribution < 1.29 is 19.4 Å². The summed E-state index contributed by atoms with van der Waals surface area (Å²) >= 11 is 0. The maximum atomic E-state index is 13.3. The normalized spacial score (nSPS) is 18.6. The molecule has 0 saturated carbocycles. The molecular formula is C25H24N4O5. The van der Waals surface area contributed by atoms with Gasteiger partial charge in [0.15, 0.2) is 5.60 Å². The summed E-state index contributed by atoms with van der Waals surface area (Å²) in [5.74, 6) is -1.35. The lowest BCUT2D eigenvalue weighted by Gasteiger charge is -2.31. The van der Waals surface area contributed by atoms with E-state index in [9.17, 15) is 19.5 Å². The fraction of sp³-hybridized carbons (Fsp3) is 0.280. The molecule has 5 N–H and O–H groups in total. The molecule has 0 aliphatic carbocycles. The molecule has 1 aromatic carbocycles. The number of esters is 1. The predicted octanol–water partition coefficient (Wildman–Crippen LogP) is 1.72. The molecule has 2 aromatic heterocycles. The van der Waals surface area contributed by atoms with Gasteiger partial charge in [0.1, 0.15) is 6.61 Å². The lowest BCUT2D eigenvalue weighted by Crippen LogP contribution is -2.44. The van der Waals surface area contributed by atoms with Crippen LogP contribution in [0.2, 0.25) is 0 Å². The molecule has 4 heterocycles. The second-order valence-corrected chi connectivity index (χ2v) is 8.62. The minimum absolute atomic E-state index is 0.0779. The summed E-state index contributed by atoms with van der Waals surface area (Å²) in [6.45, 7) is 3.75. The lowest BCUT2D eigenvalue weighted by molar-refractivity contribution is -0.172. The average Bonchev–Trinajstić information content (AvgIpc) is 3.17. The molecule has 9 nitrogen and oxygen atoms in total. The number of anilines is 1. The monoisotopic (exact) mass is 460 g/mol. The van der Waals surface area contributed by atoms with Gasteiger partial charge >= 0.3 is 5.97 Å². The quantitative estimate of drug-likeness (QED) is 0.238. The van der Waals surface area contributed by atoms with Crippen molar-refractivity contribution in [3.8, 4) is 11.4 Å². The number of primary amides is 1. The van der Waals surface area contributed by atoms with E-state index >= 15 is 0 Å². The molecule has 0 bridgehead atoms. The van der Waals surface area contributed by atoms with Gasteiger partial charge in [0.05, 0.1) is 29.0 Å². The van der Waals surface area contributed by atoms with Crippen molar-refractivity contribution >= 4 is 34.5 Å². The molecular weight excluding hydrogens is 436 g/mol. The number of benzene rings is 1. The van der Waals surface area contributed by atoms with Crippen molar-refractivity contribution in [1.82, 2.24) is 9.55 Å². The van der Waals surface area contributed by atoms with Crippen LogP contribution in [0.15, 0.2) is 29.1 Å². The molecule has 1 amide bonds. The summed E-state index contributed by atoms with van der Waals surface area (Å²) in [6, 6.07) is 5.43. The van der Waals surface area contributed by atoms with Gasteiger partial charge in [-0.3, -0.25) is 9.59 Å². The predicted molar refractivity (Wildman–Crippen MR) is 127 cm³/mol. The van der Waals surface area contributed by atoms with Crippen LogP contribution in [0.1, 0.15) is 48.1 Å². The van der Waals surface area contributed by atoms with E-state index in [4.69, 9.17) is 21.2 Å². The Labute approximate surface area is 194 Å². The van der Waals surface area contributed by atoms with Crippen molar-refractivity contribution in [2.75, 3.05) is 5.73 Å². The number of hydrogen-bond acceptors (Lipinski definition) is 7. The van der Waals surface area contributed by atoms with Crippen LogP contribution in [0.3, 0.4) is 0 Å². The van der Waals surface area contributed by atoms with Gasteiger partial charge in [0.2, 0.25) is 5.91 Å². The first-order valence-corrected chi connectivity index (χ1v) is 11.1. The highest BCUT2D eigenvalue weighted by atomic mass is 16.6. The second-order valence-electron chi connectivity index (χ2n) is 8.62. The van der Waals surface area contributed by atoms with E-state index in [1.165, 1.54) is 6.08 Å². The van der Waals surface area contributed by atoms with Crippen LogP contribution in [-0.4, -0.2) is 26.5 Å². The summed E-state index contributed by atoms with van der Waals surface area (Å²) in [7, 11) is 0. The number of aryl methyl sites for hydroxylation is 1.